The molecule has 0 radical (unpaired) electrons. The molecule has 0 bridgehead atoms. The van der Waals surface area contributed by atoms with Gasteiger partial charge in [0.05, 0.1) is 6.61 Å². The summed E-state index contributed by atoms with van der Waals surface area (Å²) in [6, 6.07) is 0.300. The molecule has 0 aliphatic heterocycles. The number of anilines is 1. The zero-order valence-electron chi connectivity index (χ0n) is 12.9. The van der Waals surface area contributed by atoms with E-state index < -0.39 is 0 Å². The summed E-state index contributed by atoms with van der Waals surface area (Å²) in [5.74, 6) is 2.13. The molecule has 1 saturated carbocycles. The van der Waals surface area contributed by atoms with Crippen LogP contribution in [0.15, 0.2) is 0 Å². The fraction of sp³-hybridized carbons (Fsp3) is 0.800. The van der Waals surface area contributed by atoms with Gasteiger partial charge in [0.25, 0.3) is 0 Å². The molecule has 0 saturated heterocycles. The molecule has 1 aliphatic rings. The molecular formula is C15H25ClN4O. The highest BCUT2D eigenvalue weighted by Gasteiger charge is 2.20. The Morgan fingerprint density at radius 3 is 2.48 bits per heavy atom. The number of rotatable bonds is 7. The zero-order chi connectivity index (χ0) is 15.1. The van der Waals surface area contributed by atoms with E-state index in [2.05, 4.69) is 27.2 Å². The highest BCUT2D eigenvalue weighted by atomic mass is 35.5. The van der Waals surface area contributed by atoms with Gasteiger partial charge in [-0.1, -0.05) is 33.1 Å². The van der Waals surface area contributed by atoms with Crippen molar-refractivity contribution in [2.24, 2.45) is 11.8 Å². The first-order chi connectivity index (χ1) is 10.2. The maximum absolute atomic E-state index is 5.91. The van der Waals surface area contributed by atoms with Gasteiger partial charge < -0.3 is 10.1 Å². The van der Waals surface area contributed by atoms with E-state index in [9.17, 15) is 0 Å². The molecular weight excluding hydrogens is 288 g/mol. The molecule has 1 aromatic rings. The van der Waals surface area contributed by atoms with Crippen molar-refractivity contribution in [1.29, 1.82) is 0 Å². The number of aromatic nitrogens is 3. The minimum Gasteiger partial charge on any atom is -0.463 e. The van der Waals surface area contributed by atoms with Gasteiger partial charge in [-0.2, -0.15) is 15.0 Å². The van der Waals surface area contributed by atoms with Crippen LogP contribution in [0.5, 0.6) is 6.01 Å². The Kier molecular flexibility index (Phi) is 6.49. The quantitative estimate of drug-likeness (QED) is 0.826. The molecule has 2 rings (SSSR count). The number of ether oxygens (including phenoxy) is 1. The molecule has 6 heteroatoms. The van der Waals surface area contributed by atoms with Crippen LogP contribution in [0.2, 0.25) is 5.28 Å². The van der Waals surface area contributed by atoms with Crippen molar-refractivity contribution >= 4 is 17.5 Å². The second-order valence-electron chi connectivity index (χ2n) is 5.73. The van der Waals surface area contributed by atoms with Crippen LogP contribution in [0.3, 0.4) is 0 Å². The van der Waals surface area contributed by atoms with Crippen LogP contribution in [0, 0.1) is 11.8 Å². The Balaban J connectivity index is 1.84. The van der Waals surface area contributed by atoms with Gasteiger partial charge in [-0.15, -0.1) is 0 Å². The van der Waals surface area contributed by atoms with Crippen LogP contribution in [0.4, 0.5) is 5.95 Å². The summed E-state index contributed by atoms with van der Waals surface area (Å²) in [5.41, 5.74) is 0. The number of hydrogen-bond donors (Lipinski definition) is 1. The van der Waals surface area contributed by atoms with Crippen LogP contribution in [-0.4, -0.2) is 28.1 Å². The van der Waals surface area contributed by atoms with E-state index in [1.54, 1.807) is 0 Å². The van der Waals surface area contributed by atoms with Gasteiger partial charge in [-0.05, 0) is 42.7 Å². The third-order valence-electron chi connectivity index (χ3n) is 4.12. The van der Waals surface area contributed by atoms with Crippen LogP contribution >= 0.6 is 11.6 Å². The Labute approximate surface area is 131 Å². The molecule has 21 heavy (non-hydrogen) atoms. The summed E-state index contributed by atoms with van der Waals surface area (Å²) >= 11 is 5.91. The molecule has 0 aromatic carbocycles. The number of halogens is 1. The Hall–Kier alpha value is -1.10. The molecule has 0 amide bonds. The second-order valence-corrected chi connectivity index (χ2v) is 6.07. The fourth-order valence-electron chi connectivity index (χ4n) is 2.75. The van der Waals surface area contributed by atoms with Crippen LogP contribution in [0.25, 0.3) is 0 Å². The van der Waals surface area contributed by atoms with E-state index in [0.29, 0.717) is 24.5 Å². The minimum absolute atomic E-state index is 0.174. The normalized spacial score (nSPS) is 22.0. The van der Waals surface area contributed by atoms with Crippen molar-refractivity contribution in [2.45, 2.75) is 52.4 Å². The lowest BCUT2D eigenvalue weighted by atomic mass is 9.81. The summed E-state index contributed by atoms with van der Waals surface area (Å²) in [5, 5.41) is 3.45. The van der Waals surface area contributed by atoms with E-state index >= 15 is 0 Å². The predicted molar refractivity (Wildman–Crippen MR) is 84.9 cm³/mol. The number of hydrogen-bond acceptors (Lipinski definition) is 5. The first-order valence-corrected chi connectivity index (χ1v) is 8.37. The summed E-state index contributed by atoms with van der Waals surface area (Å²) in [4.78, 5) is 12.3. The molecule has 118 valence electrons. The smallest absolute Gasteiger partial charge is 0.322 e. The standard InChI is InChI=1S/C15H25ClN4O/c1-3-9-21-15-19-13(16)18-14(20-15)17-10-12-7-5-11(4-2)6-8-12/h11-12H,3-10H2,1-2H3,(H,17,18,19,20). The van der Waals surface area contributed by atoms with Crippen LogP contribution < -0.4 is 10.1 Å². The predicted octanol–water partition coefficient (Wildman–Crippen LogP) is 3.94. The Bertz CT molecular complexity index is 436. The van der Waals surface area contributed by atoms with Crippen molar-refractivity contribution in [3.8, 4) is 6.01 Å². The van der Waals surface area contributed by atoms with Gasteiger partial charge in [0, 0.05) is 6.54 Å². The highest BCUT2D eigenvalue weighted by molar-refractivity contribution is 6.28. The lowest BCUT2D eigenvalue weighted by molar-refractivity contribution is 0.277. The monoisotopic (exact) mass is 312 g/mol. The highest BCUT2D eigenvalue weighted by Crippen LogP contribution is 2.30. The summed E-state index contributed by atoms with van der Waals surface area (Å²) in [7, 11) is 0. The minimum atomic E-state index is 0.174. The maximum Gasteiger partial charge on any atom is 0.322 e. The third kappa shape index (κ3) is 5.30. The van der Waals surface area contributed by atoms with E-state index in [-0.39, 0.29) is 5.28 Å². The fourth-order valence-corrected chi connectivity index (χ4v) is 2.90. The van der Waals surface area contributed by atoms with Crippen molar-refractivity contribution in [1.82, 2.24) is 15.0 Å². The van der Waals surface area contributed by atoms with Crippen molar-refractivity contribution in [3.63, 3.8) is 0 Å². The van der Waals surface area contributed by atoms with E-state index in [1.807, 2.05) is 6.92 Å². The van der Waals surface area contributed by atoms with Gasteiger partial charge in [0.1, 0.15) is 0 Å². The molecule has 1 N–H and O–H groups in total. The second kappa shape index (κ2) is 8.37. The van der Waals surface area contributed by atoms with E-state index in [1.165, 1.54) is 32.1 Å². The molecule has 1 heterocycles. The number of nitrogens with one attached hydrogen (secondary N) is 1. The van der Waals surface area contributed by atoms with Gasteiger partial charge in [-0.3, -0.25) is 0 Å². The first-order valence-electron chi connectivity index (χ1n) is 7.99. The summed E-state index contributed by atoms with van der Waals surface area (Å²) in [6.07, 6.45) is 7.46. The third-order valence-corrected chi connectivity index (χ3v) is 4.28. The molecule has 1 aliphatic carbocycles. The molecule has 5 nitrogen and oxygen atoms in total. The summed E-state index contributed by atoms with van der Waals surface area (Å²) in [6.45, 7) is 5.80. The van der Waals surface area contributed by atoms with Gasteiger partial charge >= 0.3 is 6.01 Å². The molecule has 0 spiro atoms. The van der Waals surface area contributed by atoms with Gasteiger partial charge in [-0.25, -0.2) is 0 Å². The SMILES string of the molecule is CCCOc1nc(Cl)nc(NCC2CCC(CC)CC2)n1. The maximum atomic E-state index is 5.91. The van der Waals surface area contributed by atoms with Crippen molar-refractivity contribution < 1.29 is 4.74 Å². The lowest BCUT2D eigenvalue weighted by Gasteiger charge is -2.27. The van der Waals surface area contributed by atoms with E-state index in [4.69, 9.17) is 16.3 Å². The molecule has 0 unspecified atom stereocenters. The lowest BCUT2D eigenvalue weighted by Crippen LogP contribution is -2.22. The van der Waals surface area contributed by atoms with E-state index in [0.717, 1.165) is 18.9 Å². The molecule has 1 aromatic heterocycles. The molecule has 1 fully saturated rings. The summed E-state index contributed by atoms with van der Waals surface area (Å²) < 4.78 is 5.41. The first kappa shape index (κ1) is 16.3. The van der Waals surface area contributed by atoms with Crippen LogP contribution in [-0.2, 0) is 0 Å². The topological polar surface area (TPSA) is 59.9 Å². The molecule has 0 atom stereocenters. The Morgan fingerprint density at radius 1 is 1.10 bits per heavy atom. The van der Waals surface area contributed by atoms with Crippen molar-refractivity contribution in [2.75, 3.05) is 18.5 Å². The number of nitrogens with zero attached hydrogens (tertiary/aromatic N) is 3. The van der Waals surface area contributed by atoms with Crippen LogP contribution in [0.1, 0.15) is 52.4 Å². The largest absolute Gasteiger partial charge is 0.463 e. The zero-order valence-corrected chi connectivity index (χ0v) is 13.7. The van der Waals surface area contributed by atoms with Gasteiger partial charge in [0.15, 0.2) is 0 Å². The average Bonchev–Trinajstić information content (AvgIpc) is 2.51. The van der Waals surface area contributed by atoms with Gasteiger partial charge in [0.2, 0.25) is 11.2 Å². The Morgan fingerprint density at radius 2 is 1.81 bits per heavy atom. The average molecular weight is 313 g/mol. The van der Waals surface area contributed by atoms with Crippen molar-refractivity contribution in [3.05, 3.63) is 5.28 Å².